The zero-order chi connectivity index (χ0) is 14.0. The van der Waals surface area contributed by atoms with Crippen molar-refractivity contribution in [1.82, 2.24) is 0 Å². The molecular weight excluding hydrogens is 279 g/mol. The van der Waals surface area contributed by atoms with Crippen LogP contribution >= 0.6 is 0 Å². The monoisotopic (exact) mass is 307 g/mol. The molecule has 0 amide bonds. The number of hydrogen-bond donors (Lipinski definition) is 0. The van der Waals surface area contributed by atoms with Crippen LogP contribution < -0.4 is 0 Å². The molecule has 16 heavy (non-hydrogen) atoms. The van der Waals surface area contributed by atoms with Crippen molar-refractivity contribution in [2.24, 2.45) is 0 Å². The van der Waals surface area contributed by atoms with Crippen LogP contribution in [0.3, 0.4) is 0 Å². The van der Waals surface area contributed by atoms with Crippen molar-refractivity contribution in [2.75, 3.05) is 0 Å². The summed E-state index contributed by atoms with van der Waals surface area (Å²) in [6, 6.07) is 0. The van der Waals surface area contributed by atoms with E-state index in [1.54, 1.807) is 0 Å². The van der Waals surface area contributed by atoms with Gasteiger partial charge in [0.1, 0.15) is 0 Å². The minimum absolute atomic E-state index is 1.22. The summed E-state index contributed by atoms with van der Waals surface area (Å²) in [6.45, 7) is 21.3. The van der Waals surface area contributed by atoms with Crippen molar-refractivity contribution in [3.05, 3.63) is 12.5 Å². The van der Waals surface area contributed by atoms with Gasteiger partial charge in [-0.1, -0.05) is 20.0 Å². The summed E-state index contributed by atoms with van der Waals surface area (Å²) in [5.74, 6) is 1.50. The van der Waals surface area contributed by atoms with Gasteiger partial charge in [0.15, 0.2) is 8.32 Å². The molecule has 0 saturated carbocycles. The van der Waals surface area contributed by atoms with Gasteiger partial charge in [0.05, 0.1) is 0 Å². The number of rotatable bonds is 3. The molecule has 0 rings (SSSR count). The Balaban J connectivity index is -0.000000205. The van der Waals surface area contributed by atoms with Crippen molar-refractivity contribution >= 4 is 16.6 Å². The van der Waals surface area contributed by atoms with Gasteiger partial charge in [-0.3, -0.25) is 0 Å². The zero-order valence-electron chi connectivity index (χ0n) is 12.1. The van der Waals surface area contributed by atoms with Crippen LogP contribution in [0.2, 0.25) is 32.7 Å². The van der Waals surface area contributed by atoms with E-state index in [0.717, 1.165) is 0 Å². The summed E-state index contributed by atoms with van der Waals surface area (Å²) in [6.07, 6.45) is 1.22. The van der Waals surface area contributed by atoms with Gasteiger partial charge in [-0.05, 0) is 19.6 Å². The molecule has 0 bridgehead atoms. The molecule has 0 N–H and O–H groups in total. The fourth-order valence-electron chi connectivity index (χ4n) is 0.829. The first-order chi connectivity index (χ1) is 6.98. The molecule has 0 radical (unpaired) electrons. The molecule has 0 aromatic rings. The first-order valence-corrected chi connectivity index (χ1v) is 12.4. The summed E-state index contributed by atoms with van der Waals surface area (Å²) >= 11 is 2.31. The number of hydrogen-bond acceptors (Lipinski definition) is 2. The first kappa shape index (κ1) is 21.9. The molecule has 0 saturated heterocycles. The minimum atomic E-state index is -1.48. The van der Waals surface area contributed by atoms with E-state index in [1.807, 2.05) is 0 Å². The van der Waals surface area contributed by atoms with E-state index in [9.17, 15) is 0 Å². The fraction of sp³-hybridized carbons (Fsp3) is 0.818. The Morgan fingerprint density at radius 1 is 1.12 bits per heavy atom. The van der Waals surface area contributed by atoms with Crippen LogP contribution in [0.15, 0.2) is 0 Å². The molecule has 0 aliphatic rings. The topological polar surface area (TPSA) is 26.3 Å². The summed E-state index contributed by atoms with van der Waals surface area (Å²) in [5, 5.41) is 0. The molecule has 0 unspecified atom stereocenters. The Labute approximate surface area is 113 Å². The predicted octanol–water partition coefficient (Wildman–Crippen LogP) is 4.31. The predicted molar refractivity (Wildman–Crippen MR) is 72.8 cm³/mol. The van der Waals surface area contributed by atoms with Gasteiger partial charge in [0.25, 0.3) is 0 Å². The molecule has 0 atom stereocenters. The quantitative estimate of drug-likeness (QED) is 0.574. The molecule has 0 aromatic carbocycles. The zero-order valence-corrected chi connectivity index (χ0v) is 15.1. The molecule has 0 fully saturated rings. The van der Waals surface area contributed by atoms with Gasteiger partial charge in [-0.2, -0.15) is 20.3 Å². The Hall–Kier alpha value is 0.700. The standard InChI is InChI=1S/C6H17OSi2.C5H11.Co.O/c1-8(2,3)7-9(4,5)6;1-4-5(2)3;;/h1H2,2-6H3;4H2,1-3H3;;/q2*-1;;. The van der Waals surface area contributed by atoms with Gasteiger partial charge >= 0.3 is 19.5 Å². The van der Waals surface area contributed by atoms with Crippen LogP contribution in [0.1, 0.15) is 27.2 Å². The van der Waals surface area contributed by atoms with Gasteiger partial charge in [0, 0.05) is 8.32 Å². The Bertz CT molecular complexity index is 139. The van der Waals surface area contributed by atoms with E-state index in [4.69, 9.17) is 7.98 Å². The second-order valence-corrected chi connectivity index (χ2v) is 14.1. The van der Waals surface area contributed by atoms with E-state index in [0.29, 0.717) is 0 Å². The molecular formula is C11H28CoO2Si2-2. The van der Waals surface area contributed by atoms with E-state index in [1.165, 1.54) is 12.3 Å². The third-order valence-corrected chi connectivity index (χ3v) is 5.95. The van der Waals surface area contributed by atoms with Crippen molar-refractivity contribution in [1.29, 1.82) is 0 Å². The summed E-state index contributed by atoms with van der Waals surface area (Å²) in [7, 11) is -2.77. The molecule has 0 spiro atoms. The van der Waals surface area contributed by atoms with Gasteiger partial charge in [-0.15, -0.1) is 0 Å². The molecule has 5 heteroatoms. The maximum atomic E-state index is 7.94. The molecule has 2 nitrogen and oxygen atoms in total. The van der Waals surface area contributed by atoms with Crippen LogP contribution in [0.4, 0.5) is 0 Å². The SMILES string of the molecule is CC[C-](C)C.[CH2-][Si](C)(C)O[Si](C)(C)C.[O]=[Co]. The van der Waals surface area contributed by atoms with E-state index in [-0.39, 0.29) is 0 Å². The first-order valence-electron chi connectivity index (χ1n) is 5.46. The molecule has 103 valence electrons. The van der Waals surface area contributed by atoms with Crippen LogP contribution in [0.5, 0.6) is 0 Å². The molecule has 0 heterocycles. The maximum absolute atomic E-state index is 7.94. The summed E-state index contributed by atoms with van der Waals surface area (Å²) in [4.78, 5) is 0. The normalized spacial score (nSPS) is 11.2. The Morgan fingerprint density at radius 2 is 1.38 bits per heavy atom. The third kappa shape index (κ3) is 36.5. The van der Waals surface area contributed by atoms with Gasteiger partial charge in [-0.25, -0.2) is 0 Å². The van der Waals surface area contributed by atoms with Crippen molar-refractivity contribution in [3.63, 3.8) is 0 Å². The summed E-state index contributed by atoms with van der Waals surface area (Å²) < 4.78 is 13.7. The Kier molecular flexibility index (Phi) is 14.8. The average Bonchev–Trinajstić information content (AvgIpc) is 2.02. The second kappa shape index (κ2) is 10.8. The van der Waals surface area contributed by atoms with Crippen LogP contribution in [0.25, 0.3) is 0 Å². The molecule has 0 aliphatic carbocycles. The average molecular weight is 307 g/mol. The summed E-state index contributed by atoms with van der Waals surface area (Å²) in [5.41, 5.74) is 0. The van der Waals surface area contributed by atoms with Crippen molar-refractivity contribution in [2.45, 2.75) is 59.9 Å². The Morgan fingerprint density at radius 3 is 1.38 bits per heavy atom. The second-order valence-electron chi connectivity index (χ2n) is 5.53. The van der Waals surface area contributed by atoms with E-state index < -0.39 is 16.6 Å². The third-order valence-electron chi connectivity index (χ3n) is 1.29. The van der Waals surface area contributed by atoms with Crippen molar-refractivity contribution < 1.29 is 23.6 Å². The van der Waals surface area contributed by atoms with Gasteiger partial charge < -0.3 is 16.6 Å². The van der Waals surface area contributed by atoms with Gasteiger partial charge in [0.2, 0.25) is 0 Å². The molecule has 0 aromatic heterocycles. The molecule has 0 aliphatic heterocycles. The van der Waals surface area contributed by atoms with Crippen molar-refractivity contribution in [3.8, 4) is 0 Å². The van der Waals surface area contributed by atoms with Crippen LogP contribution in [0, 0.1) is 12.5 Å². The van der Waals surface area contributed by atoms with Crippen LogP contribution in [-0.4, -0.2) is 16.6 Å². The van der Waals surface area contributed by atoms with Crippen LogP contribution in [-0.2, 0) is 23.6 Å². The van der Waals surface area contributed by atoms with E-state index in [2.05, 4.69) is 75.7 Å². The van der Waals surface area contributed by atoms with E-state index >= 15 is 0 Å². The fourth-order valence-corrected chi connectivity index (χ4v) is 7.46.